The lowest BCUT2D eigenvalue weighted by atomic mass is 10.2. The Morgan fingerprint density at radius 2 is 1.86 bits per heavy atom. The highest BCUT2D eigenvalue weighted by atomic mass is 16.5. The van der Waals surface area contributed by atoms with Gasteiger partial charge in [0.1, 0.15) is 0 Å². The molecular formula is C11H26N2O. The molecular weight excluding hydrogens is 176 g/mol. The van der Waals surface area contributed by atoms with Crippen LogP contribution in [0.25, 0.3) is 0 Å². The van der Waals surface area contributed by atoms with Crippen LogP contribution in [0.4, 0.5) is 0 Å². The molecule has 0 rings (SSSR count). The zero-order valence-electron chi connectivity index (χ0n) is 10.4. The van der Waals surface area contributed by atoms with Crippen molar-refractivity contribution in [1.29, 1.82) is 0 Å². The van der Waals surface area contributed by atoms with Crippen LogP contribution in [0.3, 0.4) is 0 Å². The molecule has 0 heterocycles. The van der Waals surface area contributed by atoms with E-state index in [1.807, 2.05) is 0 Å². The first-order valence-electron chi connectivity index (χ1n) is 5.53. The van der Waals surface area contributed by atoms with Crippen LogP contribution >= 0.6 is 0 Å². The van der Waals surface area contributed by atoms with Crippen LogP contribution in [0.5, 0.6) is 0 Å². The molecule has 0 aromatic heterocycles. The molecule has 0 radical (unpaired) electrons. The van der Waals surface area contributed by atoms with Crippen molar-refractivity contribution in [1.82, 2.24) is 9.80 Å². The van der Waals surface area contributed by atoms with E-state index in [2.05, 4.69) is 37.7 Å². The third-order valence-corrected chi connectivity index (χ3v) is 2.79. The highest BCUT2D eigenvalue weighted by Crippen LogP contribution is 2.02. The van der Waals surface area contributed by atoms with Crippen molar-refractivity contribution in [3.8, 4) is 0 Å². The van der Waals surface area contributed by atoms with Crippen molar-refractivity contribution in [2.24, 2.45) is 0 Å². The molecule has 0 aliphatic rings. The van der Waals surface area contributed by atoms with E-state index in [-0.39, 0.29) is 0 Å². The maximum Gasteiger partial charge on any atom is 0.0589 e. The zero-order chi connectivity index (χ0) is 11.0. The van der Waals surface area contributed by atoms with Crippen LogP contribution < -0.4 is 0 Å². The van der Waals surface area contributed by atoms with Gasteiger partial charge in [-0.1, -0.05) is 13.8 Å². The summed E-state index contributed by atoms with van der Waals surface area (Å²) in [6.45, 7) is 8.55. The Bertz CT molecular complexity index is 130. The van der Waals surface area contributed by atoms with Crippen LogP contribution in [0, 0.1) is 0 Å². The Kier molecular flexibility index (Phi) is 8.14. The largest absolute Gasteiger partial charge is 0.383 e. The molecule has 3 nitrogen and oxygen atoms in total. The monoisotopic (exact) mass is 202 g/mol. The molecule has 0 aliphatic carbocycles. The summed E-state index contributed by atoms with van der Waals surface area (Å²) >= 11 is 0. The Morgan fingerprint density at radius 3 is 2.29 bits per heavy atom. The molecule has 1 atom stereocenters. The predicted octanol–water partition coefficient (Wildman–Crippen LogP) is 1.29. The molecule has 3 heteroatoms. The van der Waals surface area contributed by atoms with Crippen molar-refractivity contribution >= 4 is 0 Å². The first-order chi connectivity index (χ1) is 6.65. The second-order valence-electron chi connectivity index (χ2n) is 3.89. The standard InChI is InChI=1S/C11H26N2O/c1-6-11(13(4)7-2)10-12(3)8-9-14-5/h11H,6-10H2,1-5H3. The molecule has 0 N–H and O–H groups in total. The number of methoxy groups -OCH3 is 1. The van der Waals surface area contributed by atoms with E-state index in [1.165, 1.54) is 6.42 Å². The van der Waals surface area contributed by atoms with Crippen LogP contribution in [0.1, 0.15) is 20.3 Å². The molecule has 0 amide bonds. The summed E-state index contributed by atoms with van der Waals surface area (Å²) in [5, 5.41) is 0. The number of nitrogens with zero attached hydrogens (tertiary/aromatic N) is 2. The van der Waals surface area contributed by atoms with E-state index in [0.717, 1.165) is 26.2 Å². The van der Waals surface area contributed by atoms with E-state index in [9.17, 15) is 0 Å². The third kappa shape index (κ3) is 5.58. The van der Waals surface area contributed by atoms with Gasteiger partial charge in [0.2, 0.25) is 0 Å². The zero-order valence-corrected chi connectivity index (χ0v) is 10.4. The minimum absolute atomic E-state index is 0.668. The average Bonchev–Trinajstić information content (AvgIpc) is 2.21. The molecule has 0 aliphatic heterocycles. The normalized spacial score (nSPS) is 13.9. The minimum Gasteiger partial charge on any atom is -0.383 e. The van der Waals surface area contributed by atoms with Crippen molar-refractivity contribution in [2.75, 3.05) is 47.4 Å². The van der Waals surface area contributed by atoms with Crippen LogP contribution in [-0.2, 0) is 4.74 Å². The van der Waals surface area contributed by atoms with Gasteiger partial charge in [0.05, 0.1) is 6.61 Å². The molecule has 0 fully saturated rings. The van der Waals surface area contributed by atoms with Crippen molar-refractivity contribution in [2.45, 2.75) is 26.3 Å². The van der Waals surface area contributed by atoms with Gasteiger partial charge >= 0.3 is 0 Å². The summed E-state index contributed by atoms with van der Waals surface area (Å²) in [7, 11) is 6.10. The minimum atomic E-state index is 0.668. The molecule has 0 saturated carbocycles. The number of likely N-dealkylation sites (N-methyl/N-ethyl adjacent to an activating group) is 2. The topological polar surface area (TPSA) is 15.7 Å². The van der Waals surface area contributed by atoms with E-state index in [4.69, 9.17) is 4.74 Å². The van der Waals surface area contributed by atoms with Crippen molar-refractivity contribution in [3.05, 3.63) is 0 Å². The first kappa shape index (κ1) is 13.9. The third-order valence-electron chi connectivity index (χ3n) is 2.79. The molecule has 86 valence electrons. The molecule has 0 saturated heterocycles. The summed E-state index contributed by atoms with van der Waals surface area (Å²) in [6.07, 6.45) is 1.21. The summed E-state index contributed by atoms with van der Waals surface area (Å²) < 4.78 is 5.06. The van der Waals surface area contributed by atoms with E-state index in [0.29, 0.717) is 6.04 Å². The Hall–Kier alpha value is -0.120. The summed E-state index contributed by atoms with van der Waals surface area (Å²) in [5.41, 5.74) is 0. The number of hydrogen-bond donors (Lipinski definition) is 0. The molecule has 0 spiro atoms. The van der Waals surface area contributed by atoms with Crippen molar-refractivity contribution in [3.63, 3.8) is 0 Å². The Balaban J connectivity index is 3.79. The maximum atomic E-state index is 5.06. The highest BCUT2D eigenvalue weighted by Gasteiger charge is 2.12. The SMILES string of the molecule is CCC(CN(C)CCOC)N(C)CC. The lowest BCUT2D eigenvalue weighted by Crippen LogP contribution is -2.41. The van der Waals surface area contributed by atoms with Crippen LogP contribution in [0.15, 0.2) is 0 Å². The van der Waals surface area contributed by atoms with Gasteiger partial charge in [0.25, 0.3) is 0 Å². The van der Waals surface area contributed by atoms with Gasteiger partial charge in [-0.05, 0) is 27.1 Å². The molecule has 0 aromatic rings. The predicted molar refractivity (Wildman–Crippen MR) is 61.8 cm³/mol. The highest BCUT2D eigenvalue weighted by molar-refractivity contribution is 4.69. The lowest BCUT2D eigenvalue weighted by Gasteiger charge is -2.29. The average molecular weight is 202 g/mol. The van der Waals surface area contributed by atoms with Gasteiger partial charge in [0, 0.05) is 26.2 Å². The second kappa shape index (κ2) is 8.21. The molecule has 1 unspecified atom stereocenters. The summed E-state index contributed by atoms with van der Waals surface area (Å²) in [5.74, 6) is 0. The number of hydrogen-bond acceptors (Lipinski definition) is 3. The van der Waals surface area contributed by atoms with Gasteiger partial charge < -0.3 is 14.5 Å². The van der Waals surface area contributed by atoms with E-state index >= 15 is 0 Å². The van der Waals surface area contributed by atoms with Gasteiger partial charge in [-0.2, -0.15) is 0 Å². The van der Waals surface area contributed by atoms with Crippen LogP contribution in [-0.4, -0.2) is 63.3 Å². The Morgan fingerprint density at radius 1 is 1.21 bits per heavy atom. The molecule has 0 aromatic carbocycles. The first-order valence-corrected chi connectivity index (χ1v) is 5.53. The summed E-state index contributed by atoms with van der Waals surface area (Å²) in [6, 6.07) is 0.668. The van der Waals surface area contributed by atoms with Gasteiger partial charge in [-0.15, -0.1) is 0 Å². The fourth-order valence-corrected chi connectivity index (χ4v) is 1.54. The van der Waals surface area contributed by atoms with Gasteiger partial charge in [-0.25, -0.2) is 0 Å². The van der Waals surface area contributed by atoms with E-state index in [1.54, 1.807) is 7.11 Å². The molecule has 14 heavy (non-hydrogen) atoms. The summed E-state index contributed by atoms with van der Waals surface area (Å²) in [4.78, 5) is 4.74. The maximum absolute atomic E-state index is 5.06. The quantitative estimate of drug-likeness (QED) is 0.590. The van der Waals surface area contributed by atoms with Gasteiger partial charge in [-0.3, -0.25) is 0 Å². The lowest BCUT2D eigenvalue weighted by molar-refractivity contribution is 0.133. The van der Waals surface area contributed by atoms with Crippen LogP contribution in [0.2, 0.25) is 0 Å². The molecule has 0 bridgehead atoms. The Labute approximate surface area is 89.0 Å². The second-order valence-corrected chi connectivity index (χ2v) is 3.89. The fourth-order valence-electron chi connectivity index (χ4n) is 1.54. The smallest absolute Gasteiger partial charge is 0.0589 e. The number of ether oxygens (including phenoxy) is 1. The van der Waals surface area contributed by atoms with Crippen molar-refractivity contribution < 1.29 is 4.74 Å². The number of rotatable bonds is 8. The van der Waals surface area contributed by atoms with E-state index < -0.39 is 0 Å². The van der Waals surface area contributed by atoms with Gasteiger partial charge in [0.15, 0.2) is 0 Å². The fraction of sp³-hybridized carbons (Fsp3) is 1.00.